The van der Waals surface area contributed by atoms with Gasteiger partial charge in [-0.1, -0.05) is 30.3 Å². The maximum absolute atomic E-state index is 13.2. The van der Waals surface area contributed by atoms with Gasteiger partial charge in [-0.3, -0.25) is 9.69 Å². The summed E-state index contributed by atoms with van der Waals surface area (Å²) in [7, 11) is 2.17. The van der Waals surface area contributed by atoms with Gasteiger partial charge in [-0.2, -0.15) is 0 Å². The number of amides is 1. The lowest BCUT2D eigenvalue weighted by atomic mass is 10.0. The zero-order chi connectivity index (χ0) is 26.3. The quantitative estimate of drug-likeness (QED) is 0.391. The molecule has 0 unspecified atom stereocenters. The molecule has 2 aliphatic rings. The third kappa shape index (κ3) is 6.44. The van der Waals surface area contributed by atoms with Gasteiger partial charge in [0, 0.05) is 49.0 Å². The van der Waals surface area contributed by atoms with Crippen molar-refractivity contribution in [2.24, 2.45) is 0 Å². The number of benzene rings is 3. The minimum Gasteiger partial charge on any atom is -0.494 e. The highest BCUT2D eigenvalue weighted by molar-refractivity contribution is 6.07. The van der Waals surface area contributed by atoms with Crippen molar-refractivity contribution < 1.29 is 19.0 Å². The molecular formula is C32H36N2O4. The molecule has 0 saturated carbocycles. The van der Waals surface area contributed by atoms with Crippen LogP contribution in [0.15, 0.2) is 72.3 Å². The topological polar surface area (TPSA) is 60.0 Å². The van der Waals surface area contributed by atoms with Gasteiger partial charge in [-0.25, -0.2) is 0 Å². The SMILES string of the molecule is CCOc1ccc(-c2ccc3c(c2)C=C(C(=O)Nc2ccc(CN(C)C4CCOCC4)cc2)CCO3)cc1. The number of nitrogens with zero attached hydrogens (tertiary/aromatic N) is 1. The summed E-state index contributed by atoms with van der Waals surface area (Å²) in [4.78, 5) is 15.6. The number of rotatable bonds is 8. The smallest absolute Gasteiger partial charge is 0.251 e. The summed E-state index contributed by atoms with van der Waals surface area (Å²) in [5.74, 6) is 1.55. The molecule has 2 heterocycles. The molecule has 1 saturated heterocycles. The maximum atomic E-state index is 13.2. The fourth-order valence-corrected chi connectivity index (χ4v) is 5.04. The number of hydrogen-bond donors (Lipinski definition) is 1. The lowest BCUT2D eigenvalue weighted by Crippen LogP contribution is -2.36. The summed E-state index contributed by atoms with van der Waals surface area (Å²) in [6, 6.07) is 22.9. The number of ether oxygens (including phenoxy) is 3. The highest BCUT2D eigenvalue weighted by atomic mass is 16.5. The Hall–Kier alpha value is -3.61. The lowest BCUT2D eigenvalue weighted by molar-refractivity contribution is -0.113. The van der Waals surface area contributed by atoms with E-state index in [1.165, 1.54) is 5.56 Å². The number of nitrogens with one attached hydrogen (secondary N) is 1. The van der Waals surface area contributed by atoms with Gasteiger partial charge in [0.15, 0.2) is 0 Å². The predicted octanol–water partition coefficient (Wildman–Crippen LogP) is 6.17. The van der Waals surface area contributed by atoms with Gasteiger partial charge in [0.05, 0.1) is 13.2 Å². The van der Waals surface area contributed by atoms with Crippen LogP contribution < -0.4 is 14.8 Å². The molecule has 0 spiro atoms. The van der Waals surface area contributed by atoms with E-state index in [4.69, 9.17) is 14.2 Å². The van der Waals surface area contributed by atoms with Crippen LogP contribution in [0.2, 0.25) is 0 Å². The molecule has 1 fully saturated rings. The van der Waals surface area contributed by atoms with Crippen LogP contribution in [0.5, 0.6) is 11.5 Å². The van der Waals surface area contributed by atoms with Crippen LogP contribution in [0.25, 0.3) is 17.2 Å². The van der Waals surface area contributed by atoms with Crippen LogP contribution >= 0.6 is 0 Å². The van der Waals surface area contributed by atoms with Crippen LogP contribution in [-0.2, 0) is 16.1 Å². The fourth-order valence-electron chi connectivity index (χ4n) is 5.04. The van der Waals surface area contributed by atoms with E-state index >= 15 is 0 Å². The second-order valence-corrected chi connectivity index (χ2v) is 9.89. The largest absolute Gasteiger partial charge is 0.494 e. The van der Waals surface area contributed by atoms with E-state index < -0.39 is 0 Å². The summed E-state index contributed by atoms with van der Waals surface area (Å²) in [5.41, 5.74) is 5.79. The van der Waals surface area contributed by atoms with E-state index in [0.717, 1.165) is 66.5 Å². The molecule has 6 heteroatoms. The second kappa shape index (κ2) is 12.3. The first-order valence-corrected chi connectivity index (χ1v) is 13.5. The maximum Gasteiger partial charge on any atom is 0.251 e. The molecular weight excluding hydrogens is 476 g/mol. The Morgan fingerprint density at radius 3 is 2.45 bits per heavy atom. The first-order chi connectivity index (χ1) is 18.6. The van der Waals surface area contributed by atoms with Gasteiger partial charge in [0.25, 0.3) is 5.91 Å². The number of carbonyl (C=O) groups excluding carboxylic acids is 1. The Balaban J connectivity index is 1.25. The summed E-state index contributed by atoms with van der Waals surface area (Å²) in [6.07, 6.45) is 4.66. The van der Waals surface area contributed by atoms with Crippen LogP contribution in [0.4, 0.5) is 5.69 Å². The number of hydrogen-bond acceptors (Lipinski definition) is 5. The van der Waals surface area contributed by atoms with Crippen LogP contribution in [0, 0.1) is 0 Å². The average Bonchev–Trinajstić information content (AvgIpc) is 3.17. The van der Waals surface area contributed by atoms with Crippen molar-refractivity contribution in [1.29, 1.82) is 0 Å². The van der Waals surface area contributed by atoms with Gasteiger partial charge in [0.1, 0.15) is 11.5 Å². The Morgan fingerprint density at radius 1 is 0.974 bits per heavy atom. The third-order valence-corrected chi connectivity index (χ3v) is 7.22. The number of fused-ring (bicyclic) bond motifs is 1. The summed E-state index contributed by atoms with van der Waals surface area (Å²) in [5, 5.41) is 3.07. The molecule has 198 valence electrons. The highest BCUT2D eigenvalue weighted by Gasteiger charge is 2.19. The molecule has 5 rings (SSSR count). The van der Waals surface area contributed by atoms with E-state index in [1.54, 1.807) is 0 Å². The van der Waals surface area contributed by atoms with E-state index in [1.807, 2.05) is 55.5 Å². The minimum absolute atomic E-state index is 0.0972. The molecule has 0 atom stereocenters. The third-order valence-electron chi connectivity index (χ3n) is 7.22. The molecule has 3 aromatic carbocycles. The van der Waals surface area contributed by atoms with E-state index in [9.17, 15) is 4.79 Å². The Morgan fingerprint density at radius 2 is 1.71 bits per heavy atom. The van der Waals surface area contributed by atoms with Gasteiger partial charge in [-0.15, -0.1) is 0 Å². The normalized spacial score (nSPS) is 15.7. The highest BCUT2D eigenvalue weighted by Crippen LogP contribution is 2.32. The fraction of sp³-hybridized carbons (Fsp3) is 0.344. The molecule has 1 amide bonds. The van der Waals surface area contributed by atoms with Gasteiger partial charge >= 0.3 is 0 Å². The van der Waals surface area contributed by atoms with Crippen molar-refractivity contribution in [1.82, 2.24) is 4.90 Å². The van der Waals surface area contributed by atoms with Crippen LogP contribution in [0.3, 0.4) is 0 Å². The first-order valence-electron chi connectivity index (χ1n) is 13.5. The summed E-state index contributed by atoms with van der Waals surface area (Å²) >= 11 is 0. The molecule has 38 heavy (non-hydrogen) atoms. The average molecular weight is 513 g/mol. The summed E-state index contributed by atoms with van der Waals surface area (Å²) < 4.78 is 17.0. The molecule has 3 aromatic rings. The van der Waals surface area contributed by atoms with E-state index in [0.29, 0.717) is 31.2 Å². The standard InChI is InChI=1S/C32H36N2O4/c1-3-37-30-11-6-24(7-12-30)25-8-13-31-27(20-25)21-26(14-19-38-31)32(35)33-28-9-4-23(5-10-28)22-34(2)29-15-17-36-18-16-29/h4-13,20-21,29H,3,14-19,22H2,1-2H3,(H,33,35). The van der Waals surface area contributed by atoms with Gasteiger partial charge < -0.3 is 19.5 Å². The second-order valence-electron chi connectivity index (χ2n) is 9.89. The lowest BCUT2D eigenvalue weighted by Gasteiger charge is -2.31. The predicted molar refractivity (Wildman–Crippen MR) is 152 cm³/mol. The van der Waals surface area contributed by atoms with E-state index in [-0.39, 0.29) is 5.91 Å². The molecule has 6 nitrogen and oxygen atoms in total. The first kappa shape index (κ1) is 26.0. The molecule has 0 bridgehead atoms. The van der Waals surface area contributed by atoms with E-state index in [2.05, 4.69) is 41.5 Å². The van der Waals surface area contributed by atoms with Crippen molar-refractivity contribution in [3.8, 4) is 22.6 Å². The molecule has 0 aromatic heterocycles. The zero-order valence-corrected chi connectivity index (χ0v) is 22.2. The monoisotopic (exact) mass is 512 g/mol. The Labute approximate surface area is 225 Å². The van der Waals surface area contributed by atoms with Gasteiger partial charge in [-0.05, 0) is 86.0 Å². The number of carbonyl (C=O) groups is 1. The molecule has 1 N–H and O–H groups in total. The van der Waals surface area contributed by atoms with Crippen molar-refractivity contribution in [2.75, 3.05) is 38.8 Å². The molecule has 0 radical (unpaired) electrons. The van der Waals surface area contributed by atoms with Crippen molar-refractivity contribution in [3.63, 3.8) is 0 Å². The van der Waals surface area contributed by atoms with Crippen LogP contribution in [-0.4, -0.2) is 50.3 Å². The van der Waals surface area contributed by atoms with Crippen molar-refractivity contribution in [3.05, 3.63) is 83.4 Å². The van der Waals surface area contributed by atoms with Crippen LogP contribution in [0.1, 0.15) is 37.3 Å². The zero-order valence-electron chi connectivity index (χ0n) is 22.2. The van der Waals surface area contributed by atoms with Crippen molar-refractivity contribution in [2.45, 2.75) is 38.8 Å². The van der Waals surface area contributed by atoms with Gasteiger partial charge in [0.2, 0.25) is 0 Å². The molecule has 0 aliphatic carbocycles. The number of anilines is 1. The Bertz CT molecular complexity index is 1260. The Kier molecular flexibility index (Phi) is 8.41. The van der Waals surface area contributed by atoms with Crippen molar-refractivity contribution >= 4 is 17.7 Å². The minimum atomic E-state index is -0.0972. The molecule has 2 aliphatic heterocycles. The summed E-state index contributed by atoms with van der Waals surface area (Å²) in [6.45, 7) is 5.65.